The average Bonchev–Trinajstić information content (AvgIpc) is 3.18. The lowest BCUT2D eigenvalue weighted by molar-refractivity contribution is -0.149. The number of nitrogens with one attached hydrogen (secondary N) is 1. The monoisotopic (exact) mass is 789 g/mol. The van der Waals surface area contributed by atoms with Gasteiger partial charge in [0.15, 0.2) is 19.9 Å². The van der Waals surface area contributed by atoms with Gasteiger partial charge in [-0.1, -0.05) is 11.8 Å². The van der Waals surface area contributed by atoms with Crippen LogP contribution < -0.4 is 20.5 Å². The number of ether oxygens (including phenoxy) is 9. The maximum absolute atomic E-state index is 13.3. The standard InChI is InChI=1S/C41H47N3O13/c1-25(50-6)54-24-55-35-14-12-29(38(43)46)19-32(35)33-20-30(31(39(47)52-8)21-36(45)51-7)18-28(37(33)56-23-53-16-15-49-5)11-10-27-17-26(22-42)9-13-34(27)44-40(48)57-41(2,3)4/h9,12-14,17-20,25,31H,15-16,21,23-24H2,1-8H3,(H2,43,46)(H,44,48). The Labute approximate surface area is 331 Å². The van der Waals surface area contributed by atoms with Crippen molar-refractivity contribution in [2.75, 3.05) is 60.6 Å². The molecule has 3 N–H and O–H groups in total. The lowest BCUT2D eigenvalue weighted by Gasteiger charge is -2.21. The van der Waals surface area contributed by atoms with Crippen LogP contribution >= 0.6 is 0 Å². The normalized spacial score (nSPS) is 11.8. The first kappa shape index (κ1) is 45.2. The molecular formula is C41H47N3O13. The fraction of sp³-hybridized carbons (Fsp3) is 0.390. The third-order valence-electron chi connectivity index (χ3n) is 7.84. The van der Waals surface area contributed by atoms with Crippen molar-refractivity contribution < 1.29 is 61.8 Å². The summed E-state index contributed by atoms with van der Waals surface area (Å²) in [7, 11) is 5.33. The lowest BCUT2D eigenvalue weighted by Crippen LogP contribution is -2.27. The Morgan fingerprint density at radius 1 is 0.860 bits per heavy atom. The summed E-state index contributed by atoms with van der Waals surface area (Å²) >= 11 is 0. The summed E-state index contributed by atoms with van der Waals surface area (Å²) in [6.45, 7) is 6.62. The Hall–Kier alpha value is -6.17. The van der Waals surface area contributed by atoms with Crippen molar-refractivity contribution in [3.63, 3.8) is 0 Å². The summed E-state index contributed by atoms with van der Waals surface area (Å²) in [6, 6.07) is 14.0. The van der Waals surface area contributed by atoms with E-state index in [2.05, 4.69) is 23.2 Å². The molecule has 304 valence electrons. The van der Waals surface area contributed by atoms with Crippen LogP contribution in [0.4, 0.5) is 10.5 Å². The van der Waals surface area contributed by atoms with Gasteiger partial charge in [-0.3, -0.25) is 19.7 Å². The highest BCUT2D eigenvalue weighted by Gasteiger charge is 2.29. The van der Waals surface area contributed by atoms with E-state index < -0.39 is 48.2 Å². The molecule has 0 saturated heterocycles. The van der Waals surface area contributed by atoms with E-state index in [4.69, 9.17) is 48.4 Å². The first-order chi connectivity index (χ1) is 27.1. The average molecular weight is 790 g/mol. The number of nitrogens with zero attached hydrogens (tertiary/aromatic N) is 1. The van der Waals surface area contributed by atoms with Crippen molar-refractivity contribution in [2.24, 2.45) is 5.73 Å². The summed E-state index contributed by atoms with van der Waals surface area (Å²) in [5.74, 6) is 2.88. The van der Waals surface area contributed by atoms with Crippen molar-refractivity contribution >= 4 is 29.6 Å². The van der Waals surface area contributed by atoms with Crippen LogP contribution in [-0.2, 0) is 42.7 Å². The van der Waals surface area contributed by atoms with Crippen LogP contribution in [0.5, 0.6) is 11.5 Å². The van der Waals surface area contributed by atoms with Gasteiger partial charge in [0.1, 0.15) is 17.1 Å². The summed E-state index contributed by atoms with van der Waals surface area (Å²) in [6.07, 6.45) is -1.80. The molecule has 3 rings (SSSR count). The molecule has 0 aliphatic rings. The summed E-state index contributed by atoms with van der Waals surface area (Å²) in [5, 5.41) is 12.4. The van der Waals surface area contributed by atoms with Gasteiger partial charge in [0, 0.05) is 36.5 Å². The van der Waals surface area contributed by atoms with Crippen LogP contribution in [0.1, 0.15) is 72.6 Å². The topological polar surface area (TPSA) is 213 Å². The molecule has 0 saturated carbocycles. The second-order valence-electron chi connectivity index (χ2n) is 13.0. The van der Waals surface area contributed by atoms with Crippen LogP contribution in [0.25, 0.3) is 11.1 Å². The van der Waals surface area contributed by atoms with Gasteiger partial charge < -0.3 is 48.4 Å². The van der Waals surface area contributed by atoms with E-state index in [1.807, 2.05) is 0 Å². The van der Waals surface area contributed by atoms with Gasteiger partial charge >= 0.3 is 18.0 Å². The zero-order valence-corrected chi connectivity index (χ0v) is 33.1. The molecule has 0 aliphatic carbocycles. The van der Waals surface area contributed by atoms with Gasteiger partial charge in [0.25, 0.3) is 0 Å². The predicted octanol–water partition coefficient (Wildman–Crippen LogP) is 5.24. The molecular weight excluding hydrogens is 742 g/mol. The third kappa shape index (κ3) is 13.8. The summed E-state index contributed by atoms with van der Waals surface area (Å²) in [5.41, 5.74) is 6.53. The van der Waals surface area contributed by atoms with Crippen molar-refractivity contribution in [1.82, 2.24) is 0 Å². The molecule has 2 unspecified atom stereocenters. The highest BCUT2D eigenvalue weighted by molar-refractivity contribution is 5.96. The molecule has 2 amide bonds. The number of rotatable bonds is 18. The number of methoxy groups -OCH3 is 4. The molecule has 0 aliphatic heterocycles. The van der Waals surface area contributed by atoms with Crippen molar-refractivity contribution in [3.8, 4) is 40.5 Å². The van der Waals surface area contributed by atoms with E-state index in [1.165, 1.54) is 70.9 Å². The SMILES string of the molecule is COCCOCOc1c(C#Cc2cc(C#N)ccc2NC(=O)OC(C)(C)C)cc(C(CC(=O)OC)C(=O)OC)cc1-c1cc(C(N)=O)ccc1OCOC(C)OC. The number of benzene rings is 3. The molecule has 16 nitrogen and oxygen atoms in total. The van der Waals surface area contributed by atoms with E-state index in [0.717, 1.165) is 0 Å². The molecule has 3 aromatic rings. The number of anilines is 1. The van der Waals surface area contributed by atoms with Crippen LogP contribution in [-0.4, -0.2) is 91.1 Å². The van der Waals surface area contributed by atoms with E-state index in [1.54, 1.807) is 33.8 Å². The number of hydrogen-bond donors (Lipinski definition) is 2. The van der Waals surface area contributed by atoms with Gasteiger partial charge in [-0.05, 0) is 81.8 Å². The molecule has 0 heterocycles. The zero-order valence-electron chi connectivity index (χ0n) is 33.1. The Morgan fingerprint density at radius 2 is 1.60 bits per heavy atom. The van der Waals surface area contributed by atoms with Crippen LogP contribution in [0.3, 0.4) is 0 Å². The van der Waals surface area contributed by atoms with Crippen LogP contribution in [0.15, 0.2) is 48.5 Å². The number of esters is 2. The largest absolute Gasteiger partial charge is 0.469 e. The van der Waals surface area contributed by atoms with Gasteiger partial charge in [0.05, 0.1) is 62.7 Å². The lowest BCUT2D eigenvalue weighted by atomic mass is 9.89. The Bertz CT molecular complexity index is 2010. The second-order valence-corrected chi connectivity index (χ2v) is 13.0. The van der Waals surface area contributed by atoms with Gasteiger partial charge in [-0.15, -0.1) is 0 Å². The molecule has 0 spiro atoms. The first-order valence-corrected chi connectivity index (χ1v) is 17.4. The predicted molar refractivity (Wildman–Crippen MR) is 205 cm³/mol. The minimum Gasteiger partial charge on any atom is -0.469 e. The highest BCUT2D eigenvalue weighted by Crippen LogP contribution is 2.42. The molecule has 57 heavy (non-hydrogen) atoms. The molecule has 3 aromatic carbocycles. The van der Waals surface area contributed by atoms with Gasteiger partial charge in [0.2, 0.25) is 5.91 Å². The Morgan fingerprint density at radius 3 is 2.23 bits per heavy atom. The van der Waals surface area contributed by atoms with Crippen LogP contribution in [0.2, 0.25) is 0 Å². The van der Waals surface area contributed by atoms with E-state index >= 15 is 0 Å². The minimum absolute atomic E-state index is 0.0843. The smallest absolute Gasteiger partial charge is 0.412 e. The number of nitrogens with two attached hydrogens (primary N) is 1. The second kappa shape index (κ2) is 21.8. The van der Waals surface area contributed by atoms with Crippen molar-refractivity contribution in [1.29, 1.82) is 5.26 Å². The number of carbonyl (C=O) groups excluding carboxylic acids is 4. The third-order valence-corrected chi connectivity index (χ3v) is 7.84. The molecule has 0 radical (unpaired) electrons. The van der Waals surface area contributed by atoms with Crippen molar-refractivity contribution in [2.45, 2.75) is 51.9 Å². The quantitative estimate of drug-likeness (QED) is 0.0555. The fourth-order valence-electron chi connectivity index (χ4n) is 4.99. The van der Waals surface area contributed by atoms with Gasteiger partial charge in [-0.25, -0.2) is 4.79 Å². The fourth-order valence-corrected chi connectivity index (χ4v) is 4.99. The van der Waals surface area contributed by atoms with E-state index in [9.17, 15) is 24.4 Å². The number of hydrogen-bond acceptors (Lipinski definition) is 14. The maximum Gasteiger partial charge on any atom is 0.412 e. The first-order valence-electron chi connectivity index (χ1n) is 17.4. The summed E-state index contributed by atoms with van der Waals surface area (Å²) < 4.78 is 49.1. The van der Waals surface area contributed by atoms with Crippen LogP contribution in [0, 0.1) is 23.2 Å². The van der Waals surface area contributed by atoms with E-state index in [0.29, 0.717) is 0 Å². The number of amides is 2. The minimum atomic E-state index is -1.21. The molecule has 16 heteroatoms. The highest BCUT2D eigenvalue weighted by atomic mass is 16.7. The zero-order chi connectivity index (χ0) is 42.1. The number of carbonyl (C=O) groups is 4. The molecule has 0 fully saturated rings. The number of primary amides is 1. The summed E-state index contributed by atoms with van der Waals surface area (Å²) in [4.78, 5) is 51.2. The molecule has 2 atom stereocenters. The molecule has 0 aromatic heterocycles. The molecule has 0 bridgehead atoms. The van der Waals surface area contributed by atoms with E-state index in [-0.39, 0.29) is 82.9 Å². The number of nitriles is 1. The van der Waals surface area contributed by atoms with Gasteiger partial charge in [-0.2, -0.15) is 5.26 Å². The Balaban J connectivity index is 2.45. The maximum atomic E-state index is 13.3. The van der Waals surface area contributed by atoms with Crippen molar-refractivity contribution in [3.05, 3.63) is 76.3 Å². The Kier molecular flexibility index (Phi) is 17.3.